The number of sulfonamides is 1. The largest absolute Gasteiger partial charge is 0.411 e. The number of hydrogen-bond donors (Lipinski definition) is 1. The molecule has 2 rings (SSSR count). The molecule has 0 aromatic carbocycles. The zero-order valence-electron chi connectivity index (χ0n) is 10.5. The molecule has 2 heterocycles. The summed E-state index contributed by atoms with van der Waals surface area (Å²) in [6.45, 7) is 0.621. The topological polar surface area (TPSA) is 104 Å². The lowest BCUT2D eigenvalue weighted by Crippen LogP contribution is -2.46. The van der Waals surface area contributed by atoms with Crippen molar-refractivity contribution in [3.8, 4) is 0 Å². The van der Waals surface area contributed by atoms with E-state index in [1.165, 1.54) is 4.31 Å². The minimum atomic E-state index is -3.43. The van der Waals surface area contributed by atoms with E-state index < -0.39 is 25.1 Å². The van der Waals surface area contributed by atoms with Crippen LogP contribution >= 0.6 is 0 Å². The fourth-order valence-electron chi connectivity index (χ4n) is 2.48. The van der Waals surface area contributed by atoms with E-state index in [0.717, 1.165) is 0 Å². The van der Waals surface area contributed by atoms with Gasteiger partial charge in [-0.2, -0.15) is 0 Å². The van der Waals surface area contributed by atoms with E-state index in [0.29, 0.717) is 31.6 Å². The van der Waals surface area contributed by atoms with Gasteiger partial charge in [0.1, 0.15) is 9.84 Å². The Labute approximate surface area is 113 Å². The van der Waals surface area contributed by atoms with Crippen molar-refractivity contribution in [3.05, 3.63) is 0 Å². The highest BCUT2D eigenvalue weighted by molar-refractivity contribution is 7.92. The summed E-state index contributed by atoms with van der Waals surface area (Å²) in [7, 11) is -6.49. The normalized spacial score (nSPS) is 26.2. The van der Waals surface area contributed by atoms with Crippen LogP contribution in [0.2, 0.25) is 0 Å². The van der Waals surface area contributed by atoms with E-state index >= 15 is 0 Å². The van der Waals surface area contributed by atoms with Gasteiger partial charge in [0.2, 0.25) is 10.0 Å². The average Bonchev–Trinajstić information content (AvgIpc) is 2.38. The molecular formula is C10H18N2O5S2. The predicted molar refractivity (Wildman–Crippen MR) is 70.6 cm³/mol. The zero-order chi connectivity index (χ0) is 14.1. The Morgan fingerprint density at radius 2 is 1.68 bits per heavy atom. The molecule has 0 radical (unpaired) electrons. The monoisotopic (exact) mass is 310 g/mol. The van der Waals surface area contributed by atoms with E-state index in [1.807, 2.05) is 0 Å². The van der Waals surface area contributed by atoms with Gasteiger partial charge in [0.05, 0.1) is 22.5 Å². The maximum absolute atomic E-state index is 12.4. The molecule has 0 aromatic rings. The van der Waals surface area contributed by atoms with Crippen LogP contribution in [0.15, 0.2) is 5.16 Å². The fraction of sp³-hybridized carbons (Fsp3) is 0.900. The summed E-state index contributed by atoms with van der Waals surface area (Å²) in [5.41, 5.74) is 0.609. The number of rotatable bonds is 2. The van der Waals surface area contributed by atoms with Gasteiger partial charge in [0.15, 0.2) is 0 Å². The molecule has 110 valence electrons. The van der Waals surface area contributed by atoms with Crippen molar-refractivity contribution in [1.82, 2.24) is 4.31 Å². The van der Waals surface area contributed by atoms with Gasteiger partial charge in [-0.1, -0.05) is 5.16 Å². The average molecular weight is 310 g/mol. The van der Waals surface area contributed by atoms with E-state index in [9.17, 15) is 16.8 Å². The van der Waals surface area contributed by atoms with Gasteiger partial charge in [-0.3, -0.25) is 0 Å². The Morgan fingerprint density at radius 1 is 1.16 bits per heavy atom. The summed E-state index contributed by atoms with van der Waals surface area (Å²) in [5, 5.41) is 11.2. The molecular weight excluding hydrogens is 292 g/mol. The van der Waals surface area contributed by atoms with Crippen LogP contribution in [0.25, 0.3) is 0 Å². The van der Waals surface area contributed by atoms with Crippen molar-refractivity contribution < 1.29 is 22.0 Å². The molecule has 0 spiro atoms. The van der Waals surface area contributed by atoms with Crippen molar-refractivity contribution in [2.45, 2.75) is 30.9 Å². The molecule has 0 bridgehead atoms. The van der Waals surface area contributed by atoms with Gasteiger partial charge in [-0.15, -0.1) is 0 Å². The van der Waals surface area contributed by atoms with Crippen LogP contribution in [0.3, 0.4) is 0 Å². The van der Waals surface area contributed by atoms with Crippen LogP contribution in [0.1, 0.15) is 25.7 Å². The number of hydrogen-bond acceptors (Lipinski definition) is 6. The molecule has 7 nitrogen and oxygen atoms in total. The van der Waals surface area contributed by atoms with Crippen LogP contribution in [0.4, 0.5) is 0 Å². The van der Waals surface area contributed by atoms with Crippen LogP contribution in [-0.4, -0.2) is 61.9 Å². The van der Waals surface area contributed by atoms with Gasteiger partial charge in [0, 0.05) is 25.9 Å². The third-order valence-corrected chi connectivity index (χ3v) is 7.84. The van der Waals surface area contributed by atoms with Gasteiger partial charge >= 0.3 is 0 Å². The standard InChI is InChI=1S/C10H18N2O5S2/c13-11-9-1-5-12(6-2-9)19(16,17)10-3-7-18(14,15)8-4-10/h10,13H,1-8H2. The molecule has 0 unspecified atom stereocenters. The maximum Gasteiger partial charge on any atom is 0.217 e. The Bertz CT molecular complexity index is 543. The molecule has 2 fully saturated rings. The minimum absolute atomic E-state index is 0.0475. The Balaban J connectivity index is 2.03. The summed E-state index contributed by atoms with van der Waals surface area (Å²) >= 11 is 0. The van der Waals surface area contributed by atoms with Crippen molar-refractivity contribution in [2.75, 3.05) is 24.6 Å². The van der Waals surface area contributed by atoms with E-state index in [2.05, 4.69) is 5.16 Å². The lowest BCUT2D eigenvalue weighted by molar-refractivity contribution is 0.309. The smallest absolute Gasteiger partial charge is 0.217 e. The summed E-state index contributed by atoms with van der Waals surface area (Å²) in [4.78, 5) is 0. The van der Waals surface area contributed by atoms with Crippen LogP contribution in [0, 0.1) is 0 Å². The van der Waals surface area contributed by atoms with E-state index in [4.69, 9.17) is 5.21 Å². The van der Waals surface area contributed by atoms with Crippen LogP contribution in [0.5, 0.6) is 0 Å². The zero-order valence-corrected chi connectivity index (χ0v) is 12.2. The lowest BCUT2D eigenvalue weighted by atomic mass is 10.1. The molecule has 9 heteroatoms. The molecule has 0 amide bonds. The van der Waals surface area contributed by atoms with Crippen molar-refractivity contribution in [1.29, 1.82) is 0 Å². The fourth-order valence-corrected chi connectivity index (χ4v) is 6.21. The van der Waals surface area contributed by atoms with Gasteiger partial charge < -0.3 is 5.21 Å². The maximum atomic E-state index is 12.4. The summed E-state index contributed by atoms with van der Waals surface area (Å²) in [6.07, 6.45) is 1.23. The Morgan fingerprint density at radius 3 is 2.16 bits per heavy atom. The second kappa shape index (κ2) is 5.37. The first-order valence-electron chi connectivity index (χ1n) is 6.24. The lowest BCUT2D eigenvalue weighted by Gasteiger charge is -2.31. The first kappa shape index (κ1) is 14.7. The number of sulfone groups is 1. The van der Waals surface area contributed by atoms with Gasteiger partial charge in [-0.25, -0.2) is 21.1 Å². The van der Waals surface area contributed by atoms with Gasteiger partial charge in [-0.05, 0) is 12.8 Å². The van der Waals surface area contributed by atoms with E-state index in [1.54, 1.807) is 0 Å². The highest BCUT2D eigenvalue weighted by Gasteiger charge is 2.37. The third-order valence-electron chi connectivity index (χ3n) is 3.72. The van der Waals surface area contributed by atoms with Crippen molar-refractivity contribution in [2.24, 2.45) is 5.16 Å². The molecule has 0 atom stereocenters. The highest BCUT2D eigenvalue weighted by atomic mass is 32.2. The summed E-state index contributed by atoms with van der Waals surface area (Å²) in [6, 6.07) is 0. The number of oxime groups is 1. The predicted octanol–water partition coefficient (Wildman–Crippen LogP) is -0.181. The molecule has 0 aromatic heterocycles. The van der Waals surface area contributed by atoms with Crippen LogP contribution in [-0.2, 0) is 19.9 Å². The molecule has 0 aliphatic carbocycles. The second-order valence-corrected chi connectivity index (χ2v) is 9.48. The molecule has 2 aliphatic rings. The SMILES string of the molecule is O=S1(=O)CCC(S(=O)(=O)N2CCC(=NO)CC2)CC1. The Kier molecular flexibility index (Phi) is 4.17. The summed E-state index contributed by atoms with van der Waals surface area (Å²) in [5.74, 6) is -0.0951. The Hall–Kier alpha value is -0.670. The molecule has 19 heavy (non-hydrogen) atoms. The van der Waals surface area contributed by atoms with Crippen molar-refractivity contribution in [3.63, 3.8) is 0 Å². The van der Waals surface area contributed by atoms with Crippen LogP contribution < -0.4 is 0 Å². The quantitative estimate of drug-likeness (QED) is 0.563. The van der Waals surface area contributed by atoms with E-state index in [-0.39, 0.29) is 24.3 Å². The molecule has 1 N–H and O–H groups in total. The summed E-state index contributed by atoms with van der Waals surface area (Å²) < 4.78 is 48.8. The first-order chi connectivity index (χ1) is 8.85. The molecule has 2 saturated heterocycles. The number of nitrogens with zero attached hydrogens (tertiary/aromatic N) is 2. The minimum Gasteiger partial charge on any atom is -0.411 e. The third kappa shape index (κ3) is 3.26. The first-order valence-corrected chi connectivity index (χ1v) is 9.57. The molecule has 0 saturated carbocycles. The highest BCUT2D eigenvalue weighted by Crippen LogP contribution is 2.24. The van der Waals surface area contributed by atoms with Crippen molar-refractivity contribution >= 4 is 25.6 Å². The molecule has 2 aliphatic heterocycles. The number of piperidine rings is 1. The van der Waals surface area contributed by atoms with Gasteiger partial charge in [0.25, 0.3) is 0 Å². The second-order valence-electron chi connectivity index (χ2n) is 4.96.